The number of methoxy groups -OCH3 is 1. The van der Waals surface area contributed by atoms with E-state index in [1.54, 1.807) is 36.4 Å². The second-order valence-electron chi connectivity index (χ2n) is 7.30. The Morgan fingerprint density at radius 3 is 2.48 bits per heavy atom. The van der Waals surface area contributed by atoms with Gasteiger partial charge in [0.2, 0.25) is 5.91 Å². The summed E-state index contributed by atoms with van der Waals surface area (Å²) in [5.41, 5.74) is 0.109. The molecule has 1 heterocycles. The summed E-state index contributed by atoms with van der Waals surface area (Å²) in [5.74, 6) is -0.517. The summed E-state index contributed by atoms with van der Waals surface area (Å²) in [5, 5.41) is 3.38. The minimum Gasteiger partial charge on any atom is -0.495 e. The van der Waals surface area contributed by atoms with Gasteiger partial charge < -0.3 is 10.1 Å². The van der Waals surface area contributed by atoms with Gasteiger partial charge in [0.15, 0.2) is 0 Å². The number of rotatable bonds is 6. The van der Waals surface area contributed by atoms with Crippen molar-refractivity contribution in [2.75, 3.05) is 12.4 Å². The van der Waals surface area contributed by atoms with Crippen molar-refractivity contribution in [1.29, 1.82) is 0 Å². The predicted molar refractivity (Wildman–Crippen MR) is 125 cm³/mol. The number of para-hydroxylation sites is 1. The van der Waals surface area contributed by atoms with E-state index in [0.717, 1.165) is 4.57 Å². The van der Waals surface area contributed by atoms with Crippen molar-refractivity contribution in [1.82, 2.24) is 9.13 Å². The lowest BCUT2D eigenvalue weighted by Gasteiger charge is -2.15. The van der Waals surface area contributed by atoms with Gasteiger partial charge in [0.25, 0.3) is 5.56 Å². The maximum absolute atomic E-state index is 13.3. The molecule has 0 saturated heterocycles. The quantitative estimate of drug-likeness (QED) is 0.469. The highest BCUT2D eigenvalue weighted by atomic mass is 35.5. The van der Waals surface area contributed by atoms with Crippen LogP contribution in [0.1, 0.15) is 5.56 Å². The van der Waals surface area contributed by atoms with E-state index >= 15 is 0 Å². The van der Waals surface area contributed by atoms with Crippen LogP contribution in [-0.4, -0.2) is 22.2 Å². The Labute approximate surface area is 192 Å². The van der Waals surface area contributed by atoms with Crippen molar-refractivity contribution in [3.63, 3.8) is 0 Å². The molecule has 0 saturated carbocycles. The third-order valence-electron chi connectivity index (χ3n) is 5.12. The van der Waals surface area contributed by atoms with E-state index in [2.05, 4.69) is 5.32 Å². The maximum atomic E-state index is 13.3. The van der Waals surface area contributed by atoms with Gasteiger partial charge in [0.1, 0.15) is 18.1 Å². The lowest BCUT2D eigenvalue weighted by atomic mass is 10.2. The molecule has 33 heavy (non-hydrogen) atoms. The molecular weight excluding hydrogens is 449 g/mol. The molecule has 1 N–H and O–H groups in total. The zero-order chi connectivity index (χ0) is 23.5. The van der Waals surface area contributed by atoms with Gasteiger partial charge in [-0.3, -0.25) is 18.7 Å². The largest absolute Gasteiger partial charge is 0.495 e. The summed E-state index contributed by atoms with van der Waals surface area (Å²) in [7, 11) is 1.46. The summed E-state index contributed by atoms with van der Waals surface area (Å²) in [4.78, 5) is 39.1. The topological polar surface area (TPSA) is 82.3 Å². The molecule has 4 rings (SSSR count). The third kappa shape index (κ3) is 4.65. The lowest BCUT2D eigenvalue weighted by Crippen LogP contribution is -2.42. The van der Waals surface area contributed by atoms with Gasteiger partial charge in [-0.25, -0.2) is 9.18 Å². The Morgan fingerprint density at radius 1 is 1.03 bits per heavy atom. The highest BCUT2D eigenvalue weighted by Crippen LogP contribution is 2.27. The van der Waals surface area contributed by atoms with Crippen LogP contribution in [0.2, 0.25) is 5.02 Å². The summed E-state index contributed by atoms with van der Waals surface area (Å²) in [6.45, 7) is -0.411. The predicted octanol–water partition coefficient (Wildman–Crippen LogP) is 3.65. The molecule has 0 spiro atoms. The molecule has 0 atom stereocenters. The first-order valence-electron chi connectivity index (χ1n) is 9.97. The SMILES string of the molecule is COc1ccc(Cl)cc1NC(=O)Cn1c(=O)n(Cc2ccc(F)cc2)c(=O)c2ccccc21. The van der Waals surface area contributed by atoms with Crippen LogP contribution in [0.5, 0.6) is 5.75 Å². The first kappa shape index (κ1) is 22.3. The van der Waals surface area contributed by atoms with Crippen LogP contribution >= 0.6 is 11.6 Å². The zero-order valence-corrected chi connectivity index (χ0v) is 18.3. The monoisotopic (exact) mass is 467 g/mol. The van der Waals surface area contributed by atoms with Gasteiger partial charge in [-0.05, 0) is 48.0 Å². The fourth-order valence-corrected chi connectivity index (χ4v) is 3.72. The Morgan fingerprint density at radius 2 is 1.76 bits per heavy atom. The number of benzene rings is 3. The highest BCUT2D eigenvalue weighted by molar-refractivity contribution is 6.31. The number of halogens is 2. The second kappa shape index (κ2) is 9.30. The second-order valence-corrected chi connectivity index (χ2v) is 7.73. The number of amides is 1. The van der Waals surface area contributed by atoms with E-state index in [9.17, 15) is 18.8 Å². The number of carbonyl (C=O) groups is 1. The number of aromatic nitrogens is 2. The van der Waals surface area contributed by atoms with Gasteiger partial charge in [-0.1, -0.05) is 35.9 Å². The van der Waals surface area contributed by atoms with Crippen molar-refractivity contribution in [2.45, 2.75) is 13.1 Å². The molecule has 0 aliphatic rings. The first-order chi connectivity index (χ1) is 15.9. The Balaban J connectivity index is 1.75. The molecule has 4 aromatic rings. The molecule has 1 aromatic heterocycles. The smallest absolute Gasteiger partial charge is 0.332 e. The molecular formula is C24H19ClFN3O4. The van der Waals surface area contributed by atoms with Crippen LogP contribution in [0.3, 0.4) is 0 Å². The minimum absolute atomic E-state index is 0.0630. The van der Waals surface area contributed by atoms with E-state index in [1.807, 2.05) is 0 Å². The summed E-state index contributed by atoms with van der Waals surface area (Å²) in [6, 6.07) is 16.8. The number of anilines is 1. The highest BCUT2D eigenvalue weighted by Gasteiger charge is 2.17. The molecule has 3 aromatic carbocycles. The van der Waals surface area contributed by atoms with Gasteiger partial charge >= 0.3 is 5.69 Å². The number of carbonyl (C=O) groups excluding carboxylic acids is 1. The molecule has 168 valence electrons. The lowest BCUT2D eigenvalue weighted by molar-refractivity contribution is -0.116. The van der Waals surface area contributed by atoms with Gasteiger partial charge in [-0.2, -0.15) is 0 Å². The summed E-state index contributed by atoms with van der Waals surface area (Å²) in [6.07, 6.45) is 0. The number of hydrogen-bond donors (Lipinski definition) is 1. The van der Waals surface area contributed by atoms with Crippen LogP contribution in [0, 0.1) is 5.82 Å². The van der Waals surface area contributed by atoms with Crippen molar-refractivity contribution in [3.05, 3.63) is 104 Å². The number of nitrogens with zero attached hydrogens (tertiary/aromatic N) is 2. The van der Waals surface area contributed by atoms with E-state index in [0.29, 0.717) is 27.5 Å². The van der Waals surface area contributed by atoms with Crippen LogP contribution < -0.4 is 21.3 Å². The molecule has 0 radical (unpaired) electrons. The van der Waals surface area contributed by atoms with Crippen molar-refractivity contribution < 1.29 is 13.9 Å². The van der Waals surface area contributed by atoms with Gasteiger partial charge in [0, 0.05) is 5.02 Å². The number of hydrogen-bond acceptors (Lipinski definition) is 4. The molecule has 0 fully saturated rings. The van der Waals surface area contributed by atoms with Crippen LogP contribution in [-0.2, 0) is 17.9 Å². The average molecular weight is 468 g/mol. The van der Waals surface area contributed by atoms with Crippen molar-refractivity contribution in [3.8, 4) is 5.75 Å². The number of ether oxygens (including phenoxy) is 1. The normalized spacial score (nSPS) is 10.9. The molecule has 0 aliphatic heterocycles. The van der Waals surface area contributed by atoms with Gasteiger partial charge in [-0.15, -0.1) is 0 Å². The van der Waals surface area contributed by atoms with Crippen LogP contribution in [0.15, 0.2) is 76.3 Å². The zero-order valence-electron chi connectivity index (χ0n) is 17.5. The molecule has 1 amide bonds. The van der Waals surface area contributed by atoms with Crippen molar-refractivity contribution >= 4 is 34.1 Å². The summed E-state index contributed by atoms with van der Waals surface area (Å²) < 4.78 is 20.8. The minimum atomic E-state index is -0.656. The molecule has 0 unspecified atom stereocenters. The van der Waals surface area contributed by atoms with Crippen LogP contribution in [0.25, 0.3) is 10.9 Å². The average Bonchev–Trinajstić information content (AvgIpc) is 2.81. The molecule has 0 aliphatic carbocycles. The third-order valence-corrected chi connectivity index (χ3v) is 5.36. The maximum Gasteiger partial charge on any atom is 0.332 e. The van der Waals surface area contributed by atoms with Crippen molar-refractivity contribution in [2.24, 2.45) is 0 Å². The molecule has 9 heteroatoms. The van der Waals surface area contributed by atoms with Gasteiger partial charge in [0.05, 0.1) is 30.2 Å². The summed E-state index contributed by atoms with van der Waals surface area (Å²) >= 11 is 6.02. The molecule has 0 bridgehead atoms. The Hall–Kier alpha value is -3.91. The fourth-order valence-electron chi connectivity index (χ4n) is 3.55. The Kier molecular flexibility index (Phi) is 6.28. The van der Waals surface area contributed by atoms with E-state index < -0.39 is 23.0 Å². The van der Waals surface area contributed by atoms with E-state index in [-0.39, 0.29) is 18.5 Å². The van der Waals surface area contributed by atoms with E-state index in [4.69, 9.17) is 16.3 Å². The first-order valence-corrected chi connectivity index (χ1v) is 10.4. The van der Waals surface area contributed by atoms with E-state index in [1.165, 1.54) is 42.0 Å². The number of fused-ring (bicyclic) bond motifs is 1. The standard InChI is InChI=1S/C24H19ClFN3O4/c1-33-21-11-8-16(25)12-19(21)27-22(30)14-28-20-5-3-2-4-18(20)23(31)29(24(28)32)13-15-6-9-17(26)10-7-15/h2-12H,13-14H2,1H3,(H,27,30). The van der Waals surface area contributed by atoms with Crippen LogP contribution in [0.4, 0.5) is 10.1 Å². The molecule has 7 nitrogen and oxygen atoms in total. The fraction of sp³-hybridized carbons (Fsp3) is 0.125. The Bertz CT molecular complexity index is 1460. The number of nitrogens with one attached hydrogen (secondary N) is 1.